The van der Waals surface area contributed by atoms with E-state index in [2.05, 4.69) is 14.5 Å². The number of nitrogens with zero attached hydrogens (tertiary/aromatic N) is 1. The molecule has 2 aromatic carbocycles. The SMILES string of the molecule is Cn1cc(-c2cc(NC(=O)OS(=O)[O-])ccc2Oc2ccccc2)c2cc(C(=O)O)[nH]c2c1=O. The van der Waals surface area contributed by atoms with Gasteiger partial charge in [-0.15, -0.1) is 0 Å². The molecule has 1 atom stereocenters. The number of carbonyl (C=O) groups is 2. The number of aromatic amines is 1. The van der Waals surface area contributed by atoms with Gasteiger partial charge in [-0.25, -0.2) is 13.8 Å². The van der Waals surface area contributed by atoms with Crippen LogP contribution in [-0.2, 0) is 22.6 Å². The topological polar surface area (TPSA) is 163 Å². The lowest BCUT2D eigenvalue weighted by Gasteiger charge is -2.15. The molecule has 0 aliphatic carbocycles. The zero-order valence-electron chi connectivity index (χ0n) is 17.4. The Balaban J connectivity index is 1.91. The Hall–Kier alpha value is -4.42. The van der Waals surface area contributed by atoms with E-state index in [1.807, 2.05) is 6.07 Å². The number of fused-ring (bicyclic) bond motifs is 1. The maximum absolute atomic E-state index is 12.6. The highest BCUT2D eigenvalue weighted by Crippen LogP contribution is 2.38. The Morgan fingerprint density at radius 3 is 2.53 bits per heavy atom. The van der Waals surface area contributed by atoms with Gasteiger partial charge < -0.3 is 28.1 Å². The number of benzene rings is 2. The van der Waals surface area contributed by atoms with E-state index in [4.69, 9.17) is 4.74 Å². The molecule has 11 nitrogen and oxygen atoms in total. The summed E-state index contributed by atoms with van der Waals surface area (Å²) in [6.07, 6.45) is 0.281. The molecule has 12 heteroatoms. The van der Waals surface area contributed by atoms with Gasteiger partial charge in [-0.05, 0) is 36.4 Å². The third-order valence-corrected chi connectivity index (χ3v) is 5.11. The van der Waals surface area contributed by atoms with E-state index in [0.717, 1.165) is 0 Å². The first-order chi connectivity index (χ1) is 16.2. The molecular formula is C22H16N3O8S-. The molecular weight excluding hydrogens is 466 g/mol. The minimum atomic E-state index is -3.05. The normalized spacial score (nSPS) is 11.7. The smallest absolute Gasteiger partial charge is 0.425 e. The second kappa shape index (κ2) is 9.21. The Labute approximate surface area is 194 Å². The highest BCUT2D eigenvalue weighted by atomic mass is 32.2. The van der Waals surface area contributed by atoms with E-state index in [1.165, 1.54) is 42.1 Å². The van der Waals surface area contributed by atoms with Crippen LogP contribution < -0.4 is 15.6 Å². The molecule has 0 spiro atoms. The Morgan fingerprint density at radius 1 is 1.12 bits per heavy atom. The van der Waals surface area contributed by atoms with Gasteiger partial charge in [0.05, 0.1) is 0 Å². The summed E-state index contributed by atoms with van der Waals surface area (Å²) in [5, 5.41) is 12.0. The number of carbonyl (C=O) groups excluding carboxylic acids is 1. The van der Waals surface area contributed by atoms with E-state index in [1.54, 1.807) is 24.3 Å². The van der Waals surface area contributed by atoms with E-state index in [0.29, 0.717) is 28.0 Å². The van der Waals surface area contributed by atoms with Gasteiger partial charge in [-0.1, -0.05) is 18.2 Å². The molecule has 4 aromatic rings. The number of carboxylic acid groups (broad SMARTS) is 1. The molecule has 0 saturated carbocycles. The minimum Gasteiger partial charge on any atom is -0.740 e. The van der Waals surface area contributed by atoms with Crippen LogP contribution in [0.25, 0.3) is 22.0 Å². The maximum Gasteiger partial charge on any atom is 0.425 e. The first-order valence-electron chi connectivity index (χ1n) is 9.64. The number of aromatic carboxylic acids is 1. The van der Waals surface area contributed by atoms with Gasteiger partial charge in [-0.3, -0.25) is 10.1 Å². The number of carboxylic acids is 1. The molecule has 2 aromatic heterocycles. The molecule has 0 aliphatic heterocycles. The summed E-state index contributed by atoms with van der Waals surface area (Å²) in [7, 11) is 1.51. The van der Waals surface area contributed by atoms with Crippen LogP contribution in [0.1, 0.15) is 10.5 Å². The van der Waals surface area contributed by atoms with Crippen molar-refractivity contribution in [3.05, 3.63) is 76.8 Å². The lowest BCUT2D eigenvalue weighted by Crippen LogP contribution is -2.17. The molecule has 1 amide bonds. The third-order valence-electron chi connectivity index (χ3n) is 4.83. The van der Waals surface area contributed by atoms with Crippen LogP contribution in [0, 0.1) is 0 Å². The van der Waals surface area contributed by atoms with Gasteiger partial charge in [-0.2, -0.15) is 0 Å². The quantitative estimate of drug-likeness (QED) is 0.352. The molecule has 0 fully saturated rings. The molecule has 0 saturated heterocycles. The standard InChI is InChI=1S/C22H17N3O8S/c1-25-11-16(15-10-17(21(27)28)24-19(15)20(25)26)14-9-12(23-22(29)33-34(30)31)7-8-18(14)32-13-5-3-2-4-6-13/h2-11,24H,1H3,(H,23,29)(H,27,28)(H,30,31)/p-1. The van der Waals surface area contributed by atoms with E-state index in [9.17, 15) is 28.3 Å². The van der Waals surface area contributed by atoms with Gasteiger partial charge in [0.1, 0.15) is 34.1 Å². The third kappa shape index (κ3) is 4.67. The van der Waals surface area contributed by atoms with Gasteiger partial charge in [0.15, 0.2) is 0 Å². The zero-order chi connectivity index (χ0) is 24.4. The number of hydrogen-bond acceptors (Lipinski definition) is 7. The molecule has 174 valence electrons. The molecule has 34 heavy (non-hydrogen) atoms. The van der Waals surface area contributed by atoms with E-state index in [-0.39, 0.29) is 16.9 Å². The molecule has 1 unspecified atom stereocenters. The summed E-state index contributed by atoms with van der Waals surface area (Å²) in [4.78, 5) is 38.5. The minimum absolute atomic E-state index is 0.0718. The number of ether oxygens (including phenoxy) is 1. The largest absolute Gasteiger partial charge is 0.740 e. The lowest BCUT2D eigenvalue weighted by atomic mass is 10.0. The number of rotatable bonds is 6. The van der Waals surface area contributed by atoms with Crippen LogP contribution in [-0.4, -0.2) is 35.5 Å². The summed E-state index contributed by atoms with van der Waals surface area (Å²) in [6.45, 7) is 0. The van der Waals surface area contributed by atoms with E-state index >= 15 is 0 Å². The van der Waals surface area contributed by atoms with Gasteiger partial charge >= 0.3 is 12.1 Å². The number of anilines is 1. The number of aryl methyl sites for hydroxylation is 1. The summed E-state index contributed by atoms with van der Waals surface area (Å²) < 4.78 is 32.6. The average Bonchev–Trinajstić information content (AvgIpc) is 3.24. The van der Waals surface area contributed by atoms with Crippen molar-refractivity contribution >= 4 is 40.0 Å². The number of hydrogen-bond donors (Lipinski definition) is 3. The maximum atomic E-state index is 12.6. The molecule has 0 radical (unpaired) electrons. The summed E-state index contributed by atoms with van der Waals surface area (Å²) in [5.41, 5.74) is 0.440. The van der Waals surface area contributed by atoms with Gasteiger partial charge in [0, 0.05) is 35.4 Å². The lowest BCUT2D eigenvalue weighted by molar-refractivity contribution is 0.0691. The van der Waals surface area contributed by atoms with Crippen LogP contribution in [0.3, 0.4) is 0 Å². The number of H-pyrrole nitrogens is 1. The summed E-state index contributed by atoms with van der Waals surface area (Å²) >= 11 is -3.05. The summed E-state index contributed by atoms with van der Waals surface area (Å²) in [5.74, 6) is -0.406. The average molecular weight is 482 g/mol. The monoisotopic (exact) mass is 482 g/mol. The van der Waals surface area contributed by atoms with Crippen molar-refractivity contribution < 1.29 is 32.4 Å². The van der Waals surface area contributed by atoms with Gasteiger partial charge in [0.25, 0.3) is 5.56 Å². The van der Waals surface area contributed by atoms with Crippen LogP contribution in [0.5, 0.6) is 11.5 Å². The highest BCUT2D eigenvalue weighted by Gasteiger charge is 2.19. The zero-order valence-corrected chi connectivity index (χ0v) is 18.3. The number of amides is 1. The van der Waals surface area contributed by atoms with Crippen LogP contribution in [0.15, 0.2) is 65.6 Å². The Morgan fingerprint density at radius 2 is 1.85 bits per heavy atom. The van der Waals surface area contributed by atoms with Crippen LogP contribution in [0.4, 0.5) is 10.5 Å². The number of nitrogens with one attached hydrogen (secondary N) is 2. The van der Waals surface area contributed by atoms with Crippen LogP contribution >= 0.6 is 0 Å². The second-order valence-electron chi connectivity index (χ2n) is 7.06. The fraction of sp³-hybridized carbons (Fsp3) is 0.0455. The van der Waals surface area contributed by atoms with Crippen molar-refractivity contribution in [1.82, 2.24) is 9.55 Å². The Bertz CT molecular complexity index is 1490. The predicted molar refractivity (Wildman–Crippen MR) is 121 cm³/mol. The highest BCUT2D eigenvalue weighted by molar-refractivity contribution is 7.74. The van der Waals surface area contributed by atoms with Crippen molar-refractivity contribution in [2.24, 2.45) is 7.05 Å². The van der Waals surface area contributed by atoms with Gasteiger partial charge in [0.2, 0.25) is 0 Å². The van der Waals surface area contributed by atoms with Crippen LogP contribution in [0.2, 0.25) is 0 Å². The Kier molecular flexibility index (Phi) is 6.17. The van der Waals surface area contributed by atoms with Crippen molar-refractivity contribution in [2.45, 2.75) is 0 Å². The molecule has 3 N–H and O–H groups in total. The van der Waals surface area contributed by atoms with Crippen molar-refractivity contribution in [3.63, 3.8) is 0 Å². The summed E-state index contributed by atoms with van der Waals surface area (Å²) in [6, 6.07) is 14.6. The van der Waals surface area contributed by atoms with Crippen molar-refractivity contribution in [2.75, 3.05) is 5.32 Å². The molecule has 4 rings (SSSR count). The predicted octanol–water partition coefficient (Wildman–Crippen LogP) is 3.37. The molecule has 0 bridgehead atoms. The first-order valence-corrected chi connectivity index (χ1v) is 10.6. The van der Waals surface area contributed by atoms with E-state index < -0.39 is 29.0 Å². The molecule has 0 aliphatic rings. The number of aromatic nitrogens is 2. The van der Waals surface area contributed by atoms with Crippen molar-refractivity contribution in [3.8, 4) is 22.6 Å². The fourth-order valence-corrected chi connectivity index (χ4v) is 3.55. The second-order valence-corrected chi connectivity index (χ2v) is 7.64. The fourth-order valence-electron chi connectivity index (χ4n) is 3.39. The van der Waals surface area contributed by atoms with Crippen molar-refractivity contribution in [1.29, 1.82) is 0 Å². The number of para-hydroxylation sites is 1. The first kappa shape index (κ1) is 22.8. The molecule has 2 heterocycles. The number of pyridine rings is 1.